The Bertz CT molecular complexity index is 616. The van der Waals surface area contributed by atoms with Gasteiger partial charge in [0.05, 0.1) is 18.8 Å². The monoisotopic (exact) mass is 289 g/mol. The van der Waals surface area contributed by atoms with E-state index < -0.39 is 0 Å². The second kappa shape index (κ2) is 6.43. The average Bonchev–Trinajstić information content (AvgIpc) is 2.47. The molecule has 0 bridgehead atoms. The van der Waals surface area contributed by atoms with Crippen LogP contribution in [0.25, 0.3) is 0 Å². The van der Waals surface area contributed by atoms with Crippen molar-refractivity contribution in [1.29, 1.82) is 0 Å². The van der Waals surface area contributed by atoms with Crippen LogP contribution in [0, 0.1) is 5.82 Å². The highest BCUT2D eigenvalue weighted by atomic mass is 19.1. The molecule has 21 heavy (non-hydrogen) atoms. The highest BCUT2D eigenvalue weighted by Gasteiger charge is 2.14. The van der Waals surface area contributed by atoms with Gasteiger partial charge in [0, 0.05) is 31.9 Å². The first-order valence-electron chi connectivity index (χ1n) is 6.75. The summed E-state index contributed by atoms with van der Waals surface area (Å²) >= 11 is 0. The zero-order valence-corrected chi connectivity index (χ0v) is 12.7. The van der Waals surface area contributed by atoms with Gasteiger partial charge >= 0.3 is 0 Å². The van der Waals surface area contributed by atoms with Gasteiger partial charge < -0.3 is 15.0 Å². The molecule has 1 unspecified atom stereocenters. The molecule has 5 heteroatoms. The van der Waals surface area contributed by atoms with Crippen molar-refractivity contribution in [2.45, 2.75) is 13.0 Å². The molecule has 1 N–H and O–H groups in total. The summed E-state index contributed by atoms with van der Waals surface area (Å²) in [7, 11) is 5.37. The Morgan fingerprint density at radius 2 is 2.05 bits per heavy atom. The topological polar surface area (TPSA) is 37.4 Å². The molecule has 0 radical (unpaired) electrons. The first kappa shape index (κ1) is 15.1. The van der Waals surface area contributed by atoms with E-state index in [1.165, 1.54) is 13.2 Å². The van der Waals surface area contributed by atoms with Crippen LogP contribution in [-0.2, 0) is 0 Å². The molecule has 0 saturated heterocycles. The normalized spacial score (nSPS) is 11.9. The molecule has 1 heterocycles. The Morgan fingerprint density at radius 1 is 1.29 bits per heavy atom. The maximum Gasteiger partial charge on any atom is 0.151 e. The van der Waals surface area contributed by atoms with E-state index in [4.69, 9.17) is 4.74 Å². The SMILES string of the molecule is COc1ccc(C(C)Nc2cccnc2N(C)C)c(F)c1. The molecule has 0 aliphatic carbocycles. The molecule has 0 fully saturated rings. The standard InChI is InChI=1S/C16H20FN3O/c1-11(13-8-7-12(21-4)10-14(13)17)19-15-6-5-9-18-16(15)20(2)3/h5-11,19H,1-4H3. The van der Waals surface area contributed by atoms with Crippen molar-refractivity contribution in [2.75, 3.05) is 31.4 Å². The number of pyridine rings is 1. The van der Waals surface area contributed by atoms with Crippen molar-refractivity contribution in [3.63, 3.8) is 0 Å². The van der Waals surface area contributed by atoms with Gasteiger partial charge in [-0.3, -0.25) is 0 Å². The zero-order chi connectivity index (χ0) is 15.4. The molecule has 2 rings (SSSR count). The summed E-state index contributed by atoms with van der Waals surface area (Å²) in [5, 5.41) is 3.30. The van der Waals surface area contributed by atoms with Crippen LogP contribution in [0.2, 0.25) is 0 Å². The number of hydrogen-bond acceptors (Lipinski definition) is 4. The van der Waals surface area contributed by atoms with Gasteiger partial charge in [-0.2, -0.15) is 0 Å². The third-order valence-electron chi connectivity index (χ3n) is 3.26. The summed E-state index contributed by atoms with van der Waals surface area (Å²) in [4.78, 5) is 6.24. The minimum atomic E-state index is -0.287. The van der Waals surface area contributed by atoms with Crippen molar-refractivity contribution >= 4 is 11.5 Å². The van der Waals surface area contributed by atoms with Crippen molar-refractivity contribution in [3.8, 4) is 5.75 Å². The molecule has 2 aromatic rings. The molecular formula is C16H20FN3O. The maximum absolute atomic E-state index is 14.1. The smallest absolute Gasteiger partial charge is 0.151 e. The van der Waals surface area contributed by atoms with Crippen molar-refractivity contribution in [3.05, 3.63) is 47.9 Å². The lowest BCUT2D eigenvalue weighted by molar-refractivity contribution is 0.410. The number of halogens is 1. The Balaban J connectivity index is 2.24. The van der Waals surface area contributed by atoms with Gasteiger partial charge in [-0.1, -0.05) is 6.07 Å². The molecule has 0 saturated carbocycles. The molecule has 1 aromatic carbocycles. The van der Waals surface area contributed by atoms with E-state index in [9.17, 15) is 4.39 Å². The van der Waals surface area contributed by atoms with E-state index in [0.717, 1.165) is 11.5 Å². The van der Waals surface area contributed by atoms with E-state index in [2.05, 4.69) is 10.3 Å². The highest BCUT2D eigenvalue weighted by Crippen LogP contribution is 2.28. The van der Waals surface area contributed by atoms with Gasteiger partial charge in [-0.15, -0.1) is 0 Å². The molecule has 0 amide bonds. The van der Waals surface area contributed by atoms with Crippen molar-refractivity contribution in [1.82, 2.24) is 4.98 Å². The number of rotatable bonds is 5. The fourth-order valence-corrected chi connectivity index (χ4v) is 2.16. The average molecular weight is 289 g/mol. The summed E-state index contributed by atoms with van der Waals surface area (Å²) in [6, 6.07) is 8.49. The summed E-state index contributed by atoms with van der Waals surface area (Å²) in [6.07, 6.45) is 1.74. The quantitative estimate of drug-likeness (QED) is 0.914. The summed E-state index contributed by atoms with van der Waals surface area (Å²) in [5.41, 5.74) is 1.45. The summed E-state index contributed by atoms with van der Waals surface area (Å²) in [6.45, 7) is 1.91. The number of benzene rings is 1. The van der Waals surface area contributed by atoms with Gasteiger partial charge in [-0.05, 0) is 25.1 Å². The summed E-state index contributed by atoms with van der Waals surface area (Å²) < 4.78 is 19.1. The fourth-order valence-electron chi connectivity index (χ4n) is 2.16. The second-order valence-electron chi connectivity index (χ2n) is 5.02. The number of anilines is 2. The Labute approximate surface area is 124 Å². The van der Waals surface area contributed by atoms with Crippen LogP contribution in [0.5, 0.6) is 5.75 Å². The van der Waals surface area contributed by atoms with E-state index in [0.29, 0.717) is 11.3 Å². The van der Waals surface area contributed by atoms with Gasteiger partial charge in [0.15, 0.2) is 5.82 Å². The minimum Gasteiger partial charge on any atom is -0.497 e. The lowest BCUT2D eigenvalue weighted by Crippen LogP contribution is -2.16. The van der Waals surface area contributed by atoms with Gasteiger partial charge in [0.2, 0.25) is 0 Å². The Morgan fingerprint density at radius 3 is 2.67 bits per heavy atom. The van der Waals surface area contributed by atoms with Crippen LogP contribution in [-0.4, -0.2) is 26.2 Å². The van der Waals surface area contributed by atoms with Crippen LogP contribution in [0.3, 0.4) is 0 Å². The highest BCUT2D eigenvalue weighted by molar-refractivity contribution is 5.65. The first-order valence-corrected chi connectivity index (χ1v) is 6.75. The van der Waals surface area contributed by atoms with Crippen LogP contribution >= 0.6 is 0 Å². The Kier molecular flexibility index (Phi) is 4.62. The molecule has 0 spiro atoms. The van der Waals surface area contributed by atoms with Gasteiger partial charge in [-0.25, -0.2) is 9.37 Å². The lowest BCUT2D eigenvalue weighted by Gasteiger charge is -2.21. The lowest BCUT2D eigenvalue weighted by atomic mass is 10.1. The molecule has 1 atom stereocenters. The number of nitrogens with one attached hydrogen (secondary N) is 1. The Hall–Kier alpha value is -2.30. The predicted molar refractivity (Wildman–Crippen MR) is 83.6 cm³/mol. The molecule has 4 nitrogen and oxygen atoms in total. The number of hydrogen-bond donors (Lipinski definition) is 1. The van der Waals surface area contributed by atoms with Crippen LogP contribution in [0.1, 0.15) is 18.5 Å². The van der Waals surface area contributed by atoms with E-state index in [1.807, 2.05) is 38.1 Å². The van der Waals surface area contributed by atoms with Crippen LogP contribution < -0.4 is 15.0 Å². The third-order valence-corrected chi connectivity index (χ3v) is 3.26. The van der Waals surface area contributed by atoms with Gasteiger partial charge in [0.1, 0.15) is 11.6 Å². The van der Waals surface area contributed by atoms with E-state index >= 15 is 0 Å². The number of aromatic nitrogens is 1. The molecular weight excluding hydrogens is 269 g/mol. The third kappa shape index (κ3) is 3.42. The molecule has 112 valence electrons. The van der Waals surface area contributed by atoms with Crippen molar-refractivity contribution < 1.29 is 9.13 Å². The predicted octanol–water partition coefficient (Wildman–Crippen LogP) is 3.47. The van der Waals surface area contributed by atoms with E-state index in [1.54, 1.807) is 18.3 Å². The minimum absolute atomic E-state index is 0.182. The molecule has 1 aromatic heterocycles. The van der Waals surface area contributed by atoms with Crippen LogP contribution in [0.4, 0.5) is 15.9 Å². The molecule has 0 aliphatic rings. The number of ether oxygens (including phenoxy) is 1. The maximum atomic E-state index is 14.1. The number of nitrogens with zero attached hydrogens (tertiary/aromatic N) is 2. The summed E-state index contributed by atoms with van der Waals surface area (Å²) in [5.74, 6) is 1.04. The fraction of sp³-hybridized carbons (Fsp3) is 0.312. The second-order valence-corrected chi connectivity index (χ2v) is 5.02. The zero-order valence-electron chi connectivity index (χ0n) is 12.7. The van der Waals surface area contributed by atoms with Crippen molar-refractivity contribution in [2.24, 2.45) is 0 Å². The first-order chi connectivity index (χ1) is 10.0. The van der Waals surface area contributed by atoms with Gasteiger partial charge in [0.25, 0.3) is 0 Å². The van der Waals surface area contributed by atoms with Crippen LogP contribution in [0.15, 0.2) is 36.5 Å². The molecule has 0 aliphatic heterocycles. The number of methoxy groups -OCH3 is 1. The largest absolute Gasteiger partial charge is 0.497 e. The van der Waals surface area contributed by atoms with E-state index in [-0.39, 0.29) is 11.9 Å².